The maximum Gasteiger partial charge on any atom is 0.278 e. The summed E-state index contributed by atoms with van der Waals surface area (Å²) in [6, 6.07) is 10.3. The molecule has 3 aromatic rings. The highest BCUT2D eigenvalue weighted by atomic mass is 32.1. The number of hydrogen-bond donors (Lipinski definition) is 1. The molecule has 0 spiro atoms. The van der Waals surface area contributed by atoms with E-state index in [4.69, 9.17) is 4.98 Å². The third-order valence-electron chi connectivity index (χ3n) is 6.97. The molecule has 0 atom stereocenters. The van der Waals surface area contributed by atoms with Crippen molar-refractivity contribution in [2.24, 2.45) is 5.92 Å². The summed E-state index contributed by atoms with van der Waals surface area (Å²) in [6.07, 6.45) is 6.34. The molecule has 9 heteroatoms. The van der Waals surface area contributed by atoms with Crippen LogP contribution in [0.5, 0.6) is 0 Å². The Morgan fingerprint density at radius 1 is 1.18 bits per heavy atom. The number of nitrogens with zero attached hydrogens (tertiary/aromatic N) is 5. The Bertz CT molecular complexity index is 1200. The van der Waals surface area contributed by atoms with Crippen molar-refractivity contribution in [1.29, 1.82) is 0 Å². The van der Waals surface area contributed by atoms with Gasteiger partial charge in [0.2, 0.25) is 16.0 Å². The number of aromatic nitrogens is 3. The number of piperidine rings is 1. The smallest absolute Gasteiger partial charge is 0.278 e. The molecule has 1 amide bonds. The first-order chi connectivity index (χ1) is 16.6. The standard InChI is InChI=1S/C25H32N6O2S/c1-29(19-8-3-2-4-9-19)15-7-14-26-22(32)18-12-16-30(17-13-18)25-28-31-23(33)20-10-5-6-11-21(20)27-24(31)34-25/h2-4,8-9,18H,5-7,10-17H2,1H3,(H,26,32). The molecule has 0 bridgehead atoms. The van der Waals surface area contributed by atoms with Gasteiger partial charge in [0, 0.05) is 50.4 Å². The summed E-state index contributed by atoms with van der Waals surface area (Å²) < 4.78 is 1.48. The summed E-state index contributed by atoms with van der Waals surface area (Å²) >= 11 is 1.48. The molecule has 0 unspecified atom stereocenters. The van der Waals surface area contributed by atoms with Gasteiger partial charge in [-0.3, -0.25) is 9.59 Å². The summed E-state index contributed by atoms with van der Waals surface area (Å²) in [7, 11) is 2.08. The molecule has 3 heterocycles. The Kier molecular flexibility index (Phi) is 6.80. The first-order valence-electron chi connectivity index (χ1n) is 12.3. The molecule has 5 rings (SSSR count). The van der Waals surface area contributed by atoms with Gasteiger partial charge < -0.3 is 15.1 Å². The molecule has 0 radical (unpaired) electrons. The molecule has 1 aromatic carbocycles. The van der Waals surface area contributed by atoms with Crippen LogP contribution in [0.25, 0.3) is 4.96 Å². The fourth-order valence-electron chi connectivity index (χ4n) is 4.91. The highest BCUT2D eigenvalue weighted by molar-refractivity contribution is 7.20. The molecule has 1 aliphatic heterocycles. The van der Waals surface area contributed by atoms with Crippen LogP contribution in [-0.4, -0.2) is 53.7 Å². The molecule has 1 aliphatic carbocycles. The second-order valence-corrected chi connectivity index (χ2v) is 10.2. The van der Waals surface area contributed by atoms with Crippen molar-refractivity contribution in [2.75, 3.05) is 43.0 Å². The van der Waals surface area contributed by atoms with Crippen molar-refractivity contribution in [1.82, 2.24) is 19.9 Å². The zero-order chi connectivity index (χ0) is 23.5. The van der Waals surface area contributed by atoms with Crippen molar-refractivity contribution < 1.29 is 4.79 Å². The average molecular weight is 481 g/mol. The summed E-state index contributed by atoms with van der Waals surface area (Å²) in [5.74, 6) is 0.183. The van der Waals surface area contributed by atoms with Crippen molar-refractivity contribution in [3.8, 4) is 0 Å². The Balaban J connectivity index is 1.11. The quantitative estimate of drug-likeness (QED) is 0.524. The lowest BCUT2D eigenvalue weighted by molar-refractivity contribution is -0.125. The highest BCUT2D eigenvalue weighted by Gasteiger charge is 2.27. The third-order valence-corrected chi connectivity index (χ3v) is 7.94. The molecule has 34 heavy (non-hydrogen) atoms. The Morgan fingerprint density at radius 3 is 2.74 bits per heavy atom. The Morgan fingerprint density at radius 2 is 1.94 bits per heavy atom. The second-order valence-electron chi connectivity index (χ2n) is 9.29. The number of para-hydroxylation sites is 1. The van der Waals surface area contributed by atoms with Gasteiger partial charge in [-0.1, -0.05) is 29.5 Å². The number of carbonyl (C=O) groups is 1. The molecular weight excluding hydrogens is 448 g/mol. The molecule has 8 nitrogen and oxygen atoms in total. The van der Waals surface area contributed by atoms with E-state index in [9.17, 15) is 9.59 Å². The van der Waals surface area contributed by atoms with Gasteiger partial charge in [0.25, 0.3) is 5.56 Å². The van der Waals surface area contributed by atoms with Crippen LogP contribution in [0.2, 0.25) is 0 Å². The molecule has 2 aliphatic rings. The number of amides is 1. The van der Waals surface area contributed by atoms with Crippen molar-refractivity contribution in [3.63, 3.8) is 0 Å². The number of anilines is 2. The molecule has 2 aromatic heterocycles. The predicted octanol–water partition coefficient (Wildman–Crippen LogP) is 2.89. The third kappa shape index (κ3) is 4.80. The predicted molar refractivity (Wildman–Crippen MR) is 136 cm³/mol. The van der Waals surface area contributed by atoms with Gasteiger partial charge in [0.1, 0.15) is 0 Å². The Labute approximate surface area is 203 Å². The fourth-order valence-corrected chi connectivity index (χ4v) is 5.87. The van der Waals surface area contributed by atoms with Crippen LogP contribution >= 0.6 is 11.3 Å². The van der Waals surface area contributed by atoms with Gasteiger partial charge >= 0.3 is 0 Å². The summed E-state index contributed by atoms with van der Waals surface area (Å²) in [4.78, 5) is 35.3. The summed E-state index contributed by atoms with van der Waals surface area (Å²) in [5.41, 5.74) is 2.98. The lowest BCUT2D eigenvalue weighted by Crippen LogP contribution is -2.41. The van der Waals surface area contributed by atoms with Gasteiger partial charge in [-0.25, -0.2) is 4.98 Å². The first-order valence-corrected chi connectivity index (χ1v) is 13.1. The number of carbonyl (C=O) groups excluding carboxylic acids is 1. The van der Waals surface area contributed by atoms with E-state index in [1.54, 1.807) is 0 Å². The summed E-state index contributed by atoms with van der Waals surface area (Å²) in [5, 5.41) is 8.55. The van der Waals surface area contributed by atoms with Crippen LogP contribution in [0.4, 0.5) is 10.8 Å². The van der Waals surface area contributed by atoms with E-state index in [1.807, 2.05) is 18.2 Å². The normalized spacial score (nSPS) is 16.4. The monoisotopic (exact) mass is 480 g/mol. The summed E-state index contributed by atoms with van der Waals surface area (Å²) in [6.45, 7) is 3.12. The maximum absolute atomic E-state index is 12.9. The highest BCUT2D eigenvalue weighted by Crippen LogP contribution is 2.28. The SMILES string of the molecule is CN(CCCNC(=O)C1CCN(c2nn3c(=O)c4c(nc3s2)CCCC4)CC1)c1ccccc1. The number of nitrogens with one attached hydrogen (secondary N) is 1. The lowest BCUT2D eigenvalue weighted by atomic mass is 9.96. The Hall–Kier alpha value is -2.94. The fraction of sp³-hybridized carbons (Fsp3) is 0.520. The maximum atomic E-state index is 12.9. The largest absolute Gasteiger partial charge is 0.375 e. The molecule has 1 N–H and O–H groups in total. The van der Waals surface area contributed by atoms with Crippen LogP contribution in [0.3, 0.4) is 0 Å². The van der Waals surface area contributed by atoms with E-state index in [0.29, 0.717) is 11.5 Å². The van der Waals surface area contributed by atoms with Gasteiger partial charge in [0.05, 0.1) is 5.69 Å². The van der Waals surface area contributed by atoms with Crippen LogP contribution in [0.15, 0.2) is 35.1 Å². The molecule has 180 valence electrons. The van der Waals surface area contributed by atoms with Crippen LogP contribution in [0.1, 0.15) is 43.4 Å². The van der Waals surface area contributed by atoms with E-state index in [1.165, 1.54) is 21.5 Å². The minimum atomic E-state index is -0.00521. The second kappa shape index (κ2) is 10.1. The van der Waals surface area contributed by atoms with Crippen LogP contribution < -0.4 is 20.7 Å². The lowest BCUT2D eigenvalue weighted by Gasteiger charge is -2.30. The minimum absolute atomic E-state index is 0.00521. The number of rotatable bonds is 7. The van der Waals surface area contributed by atoms with Crippen LogP contribution in [0, 0.1) is 5.92 Å². The number of aryl methyl sites for hydroxylation is 1. The topological polar surface area (TPSA) is 82.8 Å². The zero-order valence-electron chi connectivity index (χ0n) is 19.7. The average Bonchev–Trinajstić information content (AvgIpc) is 3.31. The van der Waals surface area contributed by atoms with Crippen molar-refractivity contribution in [3.05, 3.63) is 51.9 Å². The molecule has 1 saturated heterocycles. The minimum Gasteiger partial charge on any atom is -0.375 e. The van der Waals surface area contributed by atoms with E-state index >= 15 is 0 Å². The van der Waals surface area contributed by atoms with Gasteiger partial charge in [-0.2, -0.15) is 4.52 Å². The van der Waals surface area contributed by atoms with E-state index in [0.717, 1.165) is 81.0 Å². The van der Waals surface area contributed by atoms with Gasteiger partial charge in [-0.05, 0) is 57.1 Å². The van der Waals surface area contributed by atoms with Gasteiger partial charge in [-0.15, -0.1) is 5.10 Å². The number of benzene rings is 1. The number of fused-ring (bicyclic) bond motifs is 2. The zero-order valence-corrected chi connectivity index (χ0v) is 20.5. The first kappa shape index (κ1) is 22.8. The number of hydrogen-bond acceptors (Lipinski definition) is 7. The van der Waals surface area contributed by atoms with Crippen molar-refractivity contribution in [2.45, 2.75) is 44.9 Å². The van der Waals surface area contributed by atoms with E-state index < -0.39 is 0 Å². The van der Waals surface area contributed by atoms with Crippen LogP contribution in [-0.2, 0) is 17.6 Å². The molecular formula is C25H32N6O2S. The molecule has 1 fully saturated rings. The van der Waals surface area contributed by atoms with E-state index in [2.05, 4.69) is 39.4 Å². The van der Waals surface area contributed by atoms with Crippen molar-refractivity contribution >= 4 is 33.0 Å². The molecule has 0 saturated carbocycles. The van der Waals surface area contributed by atoms with Gasteiger partial charge in [0.15, 0.2) is 0 Å². The van der Waals surface area contributed by atoms with E-state index in [-0.39, 0.29) is 17.4 Å².